The topological polar surface area (TPSA) is 292 Å². The SMILES string of the molecule is Nc1nc2c(ncn2[C@@H]2O[C@H](CCO)[C@H](F)[C@H]2OP(O)(=S)OC[C@@]23CO[C@@H]([C@H](n4cnc5c(N)ncnc54)O2)[C@@H]3O[P+](=O)O)c(=O)[nH]1. The van der Waals surface area contributed by atoms with Gasteiger partial charge in [0, 0.05) is 11.2 Å². The first-order valence-electron chi connectivity index (χ1n) is 13.7. The number of rotatable bonds is 11. The van der Waals surface area contributed by atoms with Crippen molar-refractivity contribution in [3.8, 4) is 0 Å². The number of fused-ring (bicyclic) bond motifs is 4. The lowest BCUT2D eigenvalue weighted by atomic mass is 10.0. The molecule has 3 saturated heterocycles. The standard InChI is InChI=1S/C22H25FN10O11P2S/c23-9-8(1-2-34)41-19(33-7-29-11-17(33)30-21(25)31-18(11)35)12(9)44-46(38,47)40-4-22-3-39-13(14(22)43-45(36)37)20(42-22)32-6-28-10-15(24)26-5-27-16(10)32/h5-9,12-14,19-20,34H,1-4H2,(H6-,24,25,26,27,30,31,35,36,37,38,47)/p+1/t8-,9+,12-,13-,14+,19-,20-,22-,46?/m1/s1. The quantitative estimate of drug-likeness (QED) is 0.102. The van der Waals surface area contributed by atoms with Crippen molar-refractivity contribution < 1.29 is 51.6 Å². The average Bonchev–Trinajstić information content (AvgIpc) is 3.82. The zero-order valence-electron chi connectivity index (χ0n) is 23.7. The first-order chi connectivity index (χ1) is 22.4. The summed E-state index contributed by atoms with van der Waals surface area (Å²) in [7, 11) is -3.17. The van der Waals surface area contributed by atoms with Crippen molar-refractivity contribution >= 4 is 60.9 Å². The number of aliphatic hydroxyl groups excluding tert-OH is 1. The number of aromatic amines is 1. The van der Waals surface area contributed by atoms with E-state index in [0.29, 0.717) is 0 Å². The van der Waals surface area contributed by atoms with Crippen LogP contribution in [0.5, 0.6) is 0 Å². The molecule has 2 bridgehead atoms. The maximum atomic E-state index is 15.8. The predicted molar refractivity (Wildman–Crippen MR) is 157 cm³/mol. The minimum atomic E-state index is -4.40. The summed E-state index contributed by atoms with van der Waals surface area (Å²) in [4.78, 5) is 55.8. The number of nitrogen functional groups attached to an aromatic ring is 2. The third-order valence-corrected chi connectivity index (χ3v) is 9.92. The van der Waals surface area contributed by atoms with Crippen molar-refractivity contribution in [2.45, 2.75) is 55.1 Å². The van der Waals surface area contributed by atoms with Gasteiger partial charge in [0.2, 0.25) is 5.95 Å². The molecule has 8 N–H and O–H groups in total. The van der Waals surface area contributed by atoms with Crippen LogP contribution in [0.25, 0.3) is 22.3 Å². The van der Waals surface area contributed by atoms with Crippen LogP contribution in [0.4, 0.5) is 16.2 Å². The number of nitrogens with zero attached hydrogens (tertiary/aromatic N) is 7. The molecule has 0 amide bonds. The Labute approximate surface area is 267 Å². The van der Waals surface area contributed by atoms with Gasteiger partial charge >= 0.3 is 15.0 Å². The lowest BCUT2D eigenvalue weighted by molar-refractivity contribution is -0.183. The molecule has 0 aliphatic carbocycles. The molecule has 25 heteroatoms. The molecule has 0 radical (unpaired) electrons. The molecule has 4 aromatic rings. The molecule has 4 aromatic heterocycles. The Morgan fingerprint density at radius 3 is 2.68 bits per heavy atom. The van der Waals surface area contributed by atoms with E-state index in [2.05, 4.69) is 29.9 Å². The minimum absolute atomic E-state index is 0.0653. The molecule has 2 unspecified atom stereocenters. The van der Waals surface area contributed by atoms with E-state index < -0.39 is 82.4 Å². The fourth-order valence-corrected chi connectivity index (χ4v) is 7.86. The summed E-state index contributed by atoms with van der Waals surface area (Å²) in [6, 6.07) is 0. The van der Waals surface area contributed by atoms with Crippen molar-refractivity contribution in [1.82, 2.24) is 39.0 Å². The zero-order chi connectivity index (χ0) is 33.2. The number of imidazole rings is 2. The van der Waals surface area contributed by atoms with Gasteiger partial charge < -0.3 is 40.2 Å². The molecule has 252 valence electrons. The number of hydrogen-bond donors (Lipinski definition) is 6. The van der Waals surface area contributed by atoms with Crippen molar-refractivity contribution in [3.63, 3.8) is 0 Å². The van der Waals surface area contributed by atoms with Crippen LogP contribution in [-0.2, 0) is 44.2 Å². The molecule has 3 fully saturated rings. The molecule has 7 rings (SSSR count). The van der Waals surface area contributed by atoms with E-state index in [-0.39, 0.29) is 47.1 Å². The van der Waals surface area contributed by atoms with Crippen LogP contribution in [0.3, 0.4) is 0 Å². The molecule has 47 heavy (non-hydrogen) atoms. The number of hydrogen-bond acceptors (Lipinski definition) is 17. The van der Waals surface area contributed by atoms with Crippen LogP contribution < -0.4 is 17.0 Å². The Bertz CT molecular complexity index is 1970. The first-order valence-corrected chi connectivity index (χ1v) is 17.5. The number of aliphatic hydroxyl groups is 1. The summed E-state index contributed by atoms with van der Waals surface area (Å²) in [6.07, 6.45) is -5.81. The Morgan fingerprint density at radius 1 is 1.19 bits per heavy atom. The molecule has 3 aliphatic rings. The number of halogens is 1. The molecule has 3 aliphatic heterocycles. The van der Waals surface area contributed by atoms with E-state index >= 15 is 4.39 Å². The van der Waals surface area contributed by atoms with Gasteiger partial charge in [0.1, 0.15) is 24.1 Å². The lowest BCUT2D eigenvalue weighted by Crippen LogP contribution is -2.45. The first kappa shape index (κ1) is 32.4. The van der Waals surface area contributed by atoms with E-state index in [0.717, 1.165) is 6.33 Å². The maximum absolute atomic E-state index is 15.8. The highest BCUT2D eigenvalue weighted by atomic mass is 32.5. The Balaban J connectivity index is 1.15. The van der Waals surface area contributed by atoms with Gasteiger partial charge in [-0.25, -0.2) is 24.3 Å². The van der Waals surface area contributed by atoms with Crippen molar-refractivity contribution in [2.75, 3.05) is 31.3 Å². The summed E-state index contributed by atoms with van der Waals surface area (Å²) in [6.45, 7) is -5.65. The van der Waals surface area contributed by atoms with Crippen LogP contribution in [-0.4, -0.2) is 110 Å². The number of anilines is 2. The van der Waals surface area contributed by atoms with Crippen LogP contribution in [0, 0.1) is 0 Å². The summed E-state index contributed by atoms with van der Waals surface area (Å²) >= 11 is 5.26. The molecule has 21 nitrogen and oxygen atoms in total. The number of alkyl halides is 1. The summed E-state index contributed by atoms with van der Waals surface area (Å²) in [5.74, 6) is -0.136. The highest BCUT2D eigenvalue weighted by Gasteiger charge is 2.67. The largest absolute Gasteiger partial charge is 0.695 e. The minimum Gasteiger partial charge on any atom is -0.396 e. The fraction of sp³-hybridized carbons (Fsp3) is 0.545. The van der Waals surface area contributed by atoms with Gasteiger partial charge in [0.25, 0.3) is 5.56 Å². The maximum Gasteiger partial charge on any atom is 0.695 e. The molecule has 0 spiro atoms. The zero-order valence-corrected chi connectivity index (χ0v) is 26.3. The molecule has 7 heterocycles. The predicted octanol–water partition coefficient (Wildman–Crippen LogP) is -0.938. The van der Waals surface area contributed by atoms with E-state index in [1.54, 1.807) is 0 Å². The van der Waals surface area contributed by atoms with Gasteiger partial charge in [-0.1, -0.05) is 0 Å². The van der Waals surface area contributed by atoms with Gasteiger partial charge in [0.05, 0.1) is 32.0 Å². The van der Waals surface area contributed by atoms with Gasteiger partial charge in [-0.3, -0.25) is 23.4 Å². The second-order valence-electron chi connectivity index (χ2n) is 10.8. The monoisotopic (exact) mass is 719 g/mol. The van der Waals surface area contributed by atoms with Crippen LogP contribution in [0.2, 0.25) is 0 Å². The summed E-state index contributed by atoms with van der Waals surface area (Å²) < 4.78 is 64.8. The van der Waals surface area contributed by atoms with Crippen molar-refractivity contribution in [3.05, 3.63) is 29.3 Å². The molecular weight excluding hydrogens is 693 g/mol. The van der Waals surface area contributed by atoms with E-state index in [4.69, 9.17) is 51.1 Å². The van der Waals surface area contributed by atoms with Gasteiger partial charge in [-0.15, -0.1) is 9.42 Å². The van der Waals surface area contributed by atoms with Gasteiger partial charge in [0.15, 0.2) is 53.0 Å². The number of ether oxygens (including phenoxy) is 3. The highest BCUT2D eigenvalue weighted by molar-refractivity contribution is 8.07. The van der Waals surface area contributed by atoms with E-state index in [1.807, 2.05) is 0 Å². The number of nitrogens with two attached hydrogens (primary N) is 2. The Kier molecular flexibility index (Phi) is 8.30. The fourth-order valence-electron chi connectivity index (χ4n) is 5.92. The second kappa shape index (κ2) is 12.1. The summed E-state index contributed by atoms with van der Waals surface area (Å²) in [5, 5.41) is 9.48. The van der Waals surface area contributed by atoms with E-state index in [9.17, 15) is 24.3 Å². The van der Waals surface area contributed by atoms with Gasteiger partial charge in [-0.05, 0) is 18.2 Å². The third-order valence-electron chi connectivity index (χ3n) is 7.97. The molecular formula is C22H26FN10O11P2S+. The average molecular weight is 720 g/mol. The number of aromatic nitrogens is 8. The normalized spacial score (nSPS) is 32.0. The van der Waals surface area contributed by atoms with Crippen LogP contribution in [0.15, 0.2) is 23.8 Å². The Hall–Kier alpha value is -3.18. The number of nitrogens with one attached hydrogen (secondary N) is 1. The molecule has 0 aromatic carbocycles. The van der Waals surface area contributed by atoms with Crippen molar-refractivity contribution in [1.29, 1.82) is 0 Å². The van der Waals surface area contributed by atoms with Crippen LogP contribution >= 0.6 is 15.0 Å². The lowest BCUT2D eigenvalue weighted by Gasteiger charge is -2.32. The van der Waals surface area contributed by atoms with Crippen molar-refractivity contribution in [2.24, 2.45) is 0 Å². The number of H-pyrrole nitrogens is 1. The molecule has 10 atom stereocenters. The molecule has 0 saturated carbocycles. The second-order valence-corrected chi connectivity index (χ2v) is 14.3. The highest BCUT2D eigenvalue weighted by Crippen LogP contribution is 2.55. The summed E-state index contributed by atoms with van der Waals surface area (Å²) in [5.41, 5.74) is 9.68. The third kappa shape index (κ3) is 5.61. The van der Waals surface area contributed by atoms with Gasteiger partial charge in [-0.2, -0.15) is 4.98 Å². The van der Waals surface area contributed by atoms with Crippen LogP contribution in [0.1, 0.15) is 18.9 Å². The van der Waals surface area contributed by atoms with E-state index in [1.165, 1.54) is 21.8 Å². The smallest absolute Gasteiger partial charge is 0.396 e. The Morgan fingerprint density at radius 2 is 1.94 bits per heavy atom.